The van der Waals surface area contributed by atoms with Crippen LogP contribution in [-0.2, 0) is 20.7 Å². The van der Waals surface area contributed by atoms with Gasteiger partial charge in [-0.3, -0.25) is 4.90 Å². The molecule has 0 aliphatic carbocycles. The molecule has 2 aromatic carbocycles. The monoisotopic (exact) mass is 548 g/mol. The van der Waals surface area contributed by atoms with Gasteiger partial charge in [0.2, 0.25) is 5.89 Å². The molecule has 1 aliphatic heterocycles. The highest BCUT2D eigenvalue weighted by atomic mass is 16.6. The molecule has 4 rings (SSSR count). The van der Waals surface area contributed by atoms with Gasteiger partial charge in [-0.1, -0.05) is 30.3 Å². The zero-order valence-corrected chi connectivity index (χ0v) is 24.5. The zero-order valence-electron chi connectivity index (χ0n) is 24.5. The minimum atomic E-state index is -0.707. The number of carbonyl (C=O) groups is 2. The molecule has 40 heavy (non-hydrogen) atoms. The molecule has 1 fully saturated rings. The summed E-state index contributed by atoms with van der Waals surface area (Å²) in [6, 6.07) is 16.4. The molecule has 1 aromatic heterocycles. The van der Waals surface area contributed by atoms with E-state index in [2.05, 4.69) is 4.98 Å². The van der Waals surface area contributed by atoms with Gasteiger partial charge in [-0.2, -0.15) is 0 Å². The fourth-order valence-corrected chi connectivity index (χ4v) is 4.72. The van der Waals surface area contributed by atoms with Crippen LogP contribution in [0.3, 0.4) is 0 Å². The van der Waals surface area contributed by atoms with Crippen LogP contribution < -0.4 is 4.74 Å². The number of benzene rings is 2. The summed E-state index contributed by atoms with van der Waals surface area (Å²) in [7, 11) is 0. The van der Waals surface area contributed by atoms with Crippen molar-refractivity contribution in [1.82, 2.24) is 9.88 Å². The molecule has 8 heteroatoms. The molecule has 1 amide bonds. The molecule has 1 saturated heterocycles. The lowest BCUT2D eigenvalue weighted by atomic mass is 10.0. The van der Waals surface area contributed by atoms with Crippen LogP contribution in [0.15, 0.2) is 59.0 Å². The molecular weight excluding hydrogens is 508 g/mol. The summed E-state index contributed by atoms with van der Waals surface area (Å²) in [5.41, 5.74) is 1.37. The maximum absolute atomic E-state index is 13.2. The van der Waals surface area contributed by atoms with E-state index in [0.717, 1.165) is 22.6 Å². The van der Waals surface area contributed by atoms with Crippen LogP contribution >= 0.6 is 0 Å². The van der Waals surface area contributed by atoms with E-state index in [1.807, 2.05) is 103 Å². The van der Waals surface area contributed by atoms with Crippen LogP contribution in [0.4, 0.5) is 4.79 Å². The van der Waals surface area contributed by atoms with Crippen molar-refractivity contribution < 1.29 is 28.2 Å². The average Bonchev–Trinajstić information content (AvgIpc) is 3.47. The molecule has 0 N–H and O–H groups in total. The fourth-order valence-electron chi connectivity index (χ4n) is 4.72. The number of nitrogens with zero attached hydrogens (tertiary/aromatic N) is 2. The SMILES string of the molecule is Cc1oc(-c2ccccc2)nc1CCOc1ccc([C@H]2CC[C@H](C(=O)OC(C)(C)C)N2C(=O)OC(C)(C)C)cc1. The van der Waals surface area contributed by atoms with Crippen LogP contribution in [0, 0.1) is 6.92 Å². The van der Waals surface area contributed by atoms with Gasteiger partial charge in [0.1, 0.15) is 28.8 Å². The van der Waals surface area contributed by atoms with E-state index in [1.165, 1.54) is 4.90 Å². The lowest BCUT2D eigenvalue weighted by Crippen LogP contribution is -2.46. The van der Waals surface area contributed by atoms with Crippen molar-refractivity contribution in [2.75, 3.05) is 6.61 Å². The number of ether oxygens (including phenoxy) is 3. The van der Waals surface area contributed by atoms with E-state index in [-0.39, 0.29) is 6.04 Å². The number of oxazole rings is 1. The summed E-state index contributed by atoms with van der Waals surface area (Å²) in [4.78, 5) is 32.4. The van der Waals surface area contributed by atoms with Crippen LogP contribution in [0.2, 0.25) is 0 Å². The molecule has 2 heterocycles. The zero-order chi connectivity index (χ0) is 29.1. The van der Waals surface area contributed by atoms with Crippen molar-refractivity contribution in [3.63, 3.8) is 0 Å². The lowest BCUT2D eigenvalue weighted by molar-refractivity contribution is -0.160. The standard InChI is InChI=1S/C32H40N2O6/c1-21-25(33-28(38-21)23-11-9-8-10-12-23)19-20-37-24-15-13-22(14-16-24)26-17-18-27(29(35)39-31(2,3)4)34(26)30(36)40-32(5,6)7/h8-16,26-27H,17-20H2,1-7H3/t26-,27-/m1/s1. The largest absolute Gasteiger partial charge is 0.493 e. The summed E-state index contributed by atoms with van der Waals surface area (Å²) < 4.78 is 23.2. The van der Waals surface area contributed by atoms with Crippen molar-refractivity contribution in [3.05, 3.63) is 71.6 Å². The molecular formula is C32H40N2O6. The first-order valence-electron chi connectivity index (χ1n) is 13.8. The van der Waals surface area contributed by atoms with Crippen LogP contribution in [0.1, 0.15) is 77.4 Å². The number of amides is 1. The van der Waals surface area contributed by atoms with Gasteiger partial charge in [-0.25, -0.2) is 14.6 Å². The Labute approximate surface area is 236 Å². The predicted molar refractivity (Wildman–Crippen MR) is 152 cm³/mol. The third-order valence-corrected chi connectivity index (χ3v) is 6.45. The normalized spacial score (nSPS) is 17.5. The number of likely N-dealkylation sites (tertiary alicyclic amines) is 1. The van der Waals surface area contributed by atoms with Gasteiger partial charge in [-0.15, -0.1) is 0 Å². The highest BCUT2D eigenvalue weighted by molar-refractivity contribution is 5.83. The summed E-state index contributed by atoms with van der Waals surface area (Å²) in [6.45, 7) is 13.2. The molecule has 8 nitrogen and oxygen atoms in total. The number of carbonyl (C=O) groups excluding carboxylic acids is 2. The molecule has 0 spiro atoms. The maximum atomic E-state index is 13.2. The summed E-state index contributed by atoms with van der Waals surface area (Å²) >= 11 is 0. The number of esters is 1. The minimum absolute atomic E-state index is 0.310. The second kappa shape index (κ2) is 11.7. The van der Waals surface area contributed by atoms with Crippen molar-refractivity contribution in [2.24, 2.45) is 0 Å². The quantitative estimate of drug-likeness (QED) is 0.292. The molecule has 214 valence electrons. The van der Waals surface area contributed by atoms with E-state index >= 15 is 0 Å². The third-order valence-electron chi connectivity index (χ3n) is 6.45. The van der Waals surface area contributed by atoms with Gasteiger partial charge in [0.05, 0.1) is 18.3 Å². The van der Waals surface area contributed by atoms with Crippen LogP contribution in [-0.4, -0.2) is 45.8 Å². The lowest BCUT2D eigenvalue weighted by Gasteiger charge is -2.33. The Morgan fingerprint density at radius 3 is 2.20 bits per heavy atom. The van der Waals surface area contributed by atoms with Crippen LogP contribution in [0.5, 0.6) is 5.75 Å². The van der Waals surface area contributed by atoms with Crippen molar-refractivity contribution in [2.45, 2.75) is 91.0 Å². The maximum Gasteiger partial charge on any atom is 0.411 e. The van der Waals surface area contributed by atoms with Crippen LogP contribution in [0.25, 0.3) is 11.5 Å². The summed E-state index contributed by atoms with van der Waals surface area (Å²) in [5, 5.41) is 0. The van der Waals surface area contributed by atoms with Gasteiger partial charge < -0.3 is 18.6 Å². The topological polar surface area (TPSA) is 91.1 Å². The molecule has 1 aliphatic rings. The Hall–Kier alpha value is -3.81. The molecule has 3 aromatic rings. The highest BCUT2D eigenvalue weighted by Crippen LogP contribution is 2.39. The molecule has 0 saturated carbocycles. The third kappa shape index (κ3) is 7.43. The van der Waals surface area contributed by atoms with Crippen molar-refractivity contribution in [1.29, 1.82) is 0 Å². The summed E-state index contributed by atoms with van der Waals surface area (Å²) in [6.07, 6.45) is 1.21. The van der Waals surface area contributed by atoms with E-state index in [9.17, 15) is 9.59 Å². The number of aromatic nitrogens is 1. The number of hydrogen-bond donors (Lipinski definition) is 0. The van der Waals surface area contributed by atoms with Gasteiger partial charge in [0, 0.05) is 12.0 Å². The smallest absolute Gasteiger partial charge is 0.411 e. The predicted octanol–water partition coefficient (Wildman–Crippen LogP) is 7.05. The molecule has 2 atom stereocenters. The first-order valence-corrected chi connectivity index (χ1v) is 13.8. The second-order valence-corrected chi connectivity index (χ2v) is 12.1. The Bertz CT molecular complexity index is 1300. The van der Waals surface area contributed by atoms with Gasteiger partial charge in [-0.05, 0) is 91.1 Å². The number of hydrogen-bond acceptors (Lipinski definition) is 7. The molecule has 0 unspecified atom stereocenters. The van der Waals surface area contributed by atoms with Gasteiger partial charge in [0.25, 0.3) is 0 Å². The van der Waals surface area contributed by atoms with Gasteiger partial charge >= 0.3 is 12.1 Å². The first-order chi connectivity index (χ1) is 18.8. The molecule has 0 bridgehead atoms. The van der Waals surface area contributed by atoms with E-state index in [1.54, 1.807) is 0 Å². The van der Waals surface area contributed by atoms with Crippen molar-refractivity contribution >= 4 is 12.1 Å². The average molecular weight is 549 g/mol. The Morgan fingerprint density at radius 2 is 1.57 bits per heavy atom. The fraction of sp³-hybridized carbons (Fsp3) is 0.469. The minimum Gasteiger partial charge on any atom is -0.493 e. The van der Waals surface area contributed by atoms with E-state index < -0.39 is 29.3 Å². The number of aryl methyl sites for hydroxylation is 1. The van der Waals surface area contributed by atoms with E-state index in [0.29, 0.717) is 37.5 Å². The highest BCUT2D eigenvalue weighted by Gasteiger charge is 2.45. The second-order valence-electron chi connectivity index (χ2n) is 12.1. The van der Waals surface area contributed by atoms with Crippen molar-refractivity contribution in [3.8, 4) is 17.2 Å². The van der Waals surface area contributed by atoms with Gasteiger partial charge in [0.15, 0.2) is 0 Å². The number of rotatable bonds is 7. The van der Waals surface area contributed by atoms with E-state index in [4.69, 9.17) is 18.6 Å². The Balaban J connectivity index is 1.42. The Morgan fingerprint density at radius 1 is 0.925 bits per heavy atom. The molecule has 0 radical (unpaired) electrons. The first kappa shape index (κ1) is 29.2. The Kier molecular flexibility index (Phi) is 8.57. The summed E-state index contributed by atoms with van der Waals surface area (Å²) in [5.74, 6) is 1.67.